The molecule has 2 rings (SSSR count). The molecule has 0 fully saturated rings. The van der Waals surface area contributed by atoms with Crippen LogP contribution >= 0.6 is 0 Å². The van der Waals surface area contributed by atoms with Gasteiger partial charge in [-0.2, -0.15) is 0 Å². The van der Waals surface area contributed by atoms with Crippen molar-refractivity contribution in [2.24, 2.45) is 0 Å². The standard InChI is InChI=1S/C14H15NO/c1-3-4-5-9-15-10-8-12-11-13(16-2)6-7-14(12)15/h6-8,10-11H,5,9H2,1-2H3. The number of methoxy groups -OCH3 is 1. The van der Waals surface area contributed by atoms with Crippen LogP contribution < -0.4 is 4.74 Å². The smallest absolute Gasteiger partial charge is 0.119 e. The van der Waals surface area contributed by atoms with Crippen molar-refractivity contribution in [2.45, 2.75) is 19.9 Å². The van der Waals surface area contributed by atoms with E-state index in [1.807, 2.05) is 13.0 Å². The molecule has 0 amide bonds. The summed E-state index contributed by atoms with van der Waals surface area (Å²) in [6.07, 6.45) is 2.99. The van der Waals surface area contributed by atoms with Gasteiger partial charge in [0, 0.05) is 30.1 Å². The maximum absolute atomic E-state index is 5.20. The lowest BCUT2D eigenvalue weighted by atomic mass is 10.2. The summed E-state index contributed by atoms with van der Waals surface area (Å²) in [5, 5.41) is 1.21. The molecule has 0 aliphatic carbocycles. The molecule has 2 aromatic rings. The first-order valence-electron chi connectivity index (χ1n) is 5.37. The van der Waals surface area contributed by atoms with E-state index in [0.29, 0.717) is 0 Å². The van der Waals surface area contributed by atoms with Gasteiger partial charge in [0.2, 0.25) is 0 Å². The van der Waals surface area contributed by atoms with E-state index in [0.717, 1.165) is 18.7 Å². The molecule has 0 N–H and O–H groups in total. The van der Waals surface area contributed by atoms with Gasteiger partial charge in [-0.15, -0.1) is 11.8 Å². The Bertz CT molecular complexity index is 543. The molecule has 0 aliphatic heterocycles. The Balaban J connectivity index is 2.29. The minimum absolute atomic E-state index is 0.895. The van der Waals surface area contributed by atoms with E-state index in [1.54, 1.807) is 7.11 Å². The number of hydrogen-bond donors (Lipinski definition) is 0. The highest BCUT2D eigenvalue weighted by Gasteiger charge is 2.01. The van der Waals surface area contributed by atoms with Crippen molar-refractivity contribution in [2.75, 3.05) is 7.11 Å². The molecule has 1 aromatic carbocycles. The quantitative estimate of drug-likeness (QED) is 0.715. The third-order valence-electron chi connectivity index (χ3n) is 2.63. The van der Waals surface area contributed by atoms with Crippen molar-refractivity contribution in [3.63, 3.8) is 0 Å². The van der Waals surface area contributed by atoms with Gasteiger partial charge in [-0.1, -0.05) is 0 Å². The molecule has 0 aliphatic rings. The molecule has 2 nitrogen and oxygen atoms in total. The molecule has 1 heterocycles. The molecular formula is C14H15NO. The Morgan fingerprint density at radius 1 is 1.31 bits per heavy atom. The van der Waals surface area contributed by atoms with E-state index in [9.17, 15) is 0 Å². The Kier molecular flexibility index (Phi) is 3.16. The lowest BCUT2D eigenvalue weighted by Crippen LogP contribution is -1.94. The highest BCUT2D eigenvalue weighted by Crippen LogP contribution is 2.21. The second-order valence-corrected chi connectivity index (χ2v) is 3.61. The summed E-state index contributed by atoms with van der Waals surface area (Å²) in [5.41, 5.74) is 1.23. The summed E-state index contributed by atoms with van der Waals surface area (Å²) in [6, 6.07) is 8.24. The van der Waals surface area contributed by atoms with E-state index in [-0.39, 0.29) is 0 Å². The maximum atomic E-state index is 5.20. The minimum atomic E-state index is 0.895. The van der Waals surface area contributed by atoms with Crippen LogP contribution in [0.2, 0.25) is 0 Å². The number of benzene rings is 1. The molecule has 1 aromatic heterocycles. The minimum Gasteiger partial charge on any atom is -0.497 e. The molecule has 82 valence electrons. The first-order valence-corrected chi connectivity index (χ1v) is 5.37. The molecule has 0 bridgehead atoms. The monoisotopic (exact) mass is 213 g/mol. The molecule has 0 unspecified atom stereocenters. The lowest BCUT2D eigenvalue weighted by molar-refractivity contribution is 0.415. The summed E-state index contributed by atoms with van der Waals surface area (Å²) in [6.45, 7) is 2.81. The van der Waals surface area contributed by atoms with E-state index in [2.05, 4.69) is 40.8 Å². The fraction of sp³-hybridized carbons (Fsp3) is 0.286. The average molecular weight is 213 g/mol. The topological polar surface area (TPSA) is 14.2 Å². The Morgan fingerprint density at radius 2 is 2.19 bits per heavy atom. The van der Waals surface area contributed by atoms with Crippen molar-refractivity contribution in [3.8, 4) is 17.6 Å². The van der Waals surface area contributed by atoms with Crippen LogP contribution in [0.1, 0.15) is 13.3 Å². The Hall–Kier alpha value is -1.88. The Morgan fingerprint density at radius 3 is 2.94 bits per heavy atom. The number of fused-ring (bicyclic) bond motifs is 1. The van der Waals surface area contributed by atoms with Crippen molar-refractivity contribution < 1.29 is 4.74 Å². The van der Waals surface area contributed by atoms with Crippen LogP contribution in [0.5, 0.6) is 5.75 Å². The van der Waals surface area contributed by atoms with Crippen LogP contribution in [0.15, 0.2) is 30.5 Å². The van der Waals surface area contributed by atoms with E-state index in [4.69, 9.17) is 4.74 Å². The van der Waals surface area contributed by atoms with Gasteiger partial charge < -0.3 is 9.30 Å². The molecule has 0 saturated heterocycles. The first-order chi connectivity index (χ1) is 7.85. The molecule has 0 spiro atoms. The summed E-state index contributed by atoms with van der Waals surface area (Å²) in [5.74, 6) is 6.89. The van der Waals surface area contributed by atoms with Crippen LogP contribution in [0.25, 0.3) is 10.9 Å². The van der Waals surface area contributed by atoms with Gasteiger partial charge in [0.1, 0.15) is 5.75 Å². The van der Waals surface area contributed by atoms with E-state index in [1.165, 1.54) is 10.9 Å². The summed E-state index contributed by atoms with van der Waals surface area (Å²) in [4.78, 5) is 0. The van der Waals surface area contributed by atoms with Gasteiger partial charge in [-0.25, -0.2) is 0 Å². The van der Waals surface area contributed by atoms with Crippen LogP contribution in [0, 0.1) is 11.8 Å². The van der Waals surface area contributed by atoms with Crippen molar-refractivity contribution >= 4 is 10.9 Å². The third kappa shape index (κ3) is 2.04. The zero-order valence-corrected chi connectivity index (χ0v) is 9.66. The van der Waals surface area contributed by atoms with Gasteiger partial charge in [-0.05, 0) is 31.2 Å². The van der Waals surface area contributed by atoms with Gasteiger partial charge in [0.25, 0.3) is 0 Å². The number of aromatic nitrogens is 1. The number of ether oxygens (including phenoxy) is 1. The van der Waals surface area contributed by atoms with Gasteiger partial charge in [-0.3, -0.25) is 0 Å². The number of hydrogen-bond acceptors (Lipinski definition) is 1. The van der Waals surface area contributed by atoms with Crippen LogP contribution in [-0.4, -0.2) is 11.7 Å². The fourth-order valence-electron chi connectivity index (χ4n) is 1.80. The van der Waals surface area contributed by atoms with Gasteiger partial charge >= 0.3 is 0 Å². The predicted molar refractivity (Wildman–Crippen MR) is 66.6 cm³/mol. The number of aryl methyl sites for hydroxylation is 1. The second kappa shape index (κ2) is 4.76. The van der Waals surface area contributed by atoms with Gasteiger partial charge in [0.15, 0.2) is 0 Å². The van der Waals surface area contributed by atoms with Crippen LogP contribution in [0.3, 0.4) is 0 Å². The van der Waals surface area contributed by atoms with Crippen molar-refractivity contribution in [3.05, 3.63) is 30.5 Å². The summed E-state index contributed by atoms with van der Waals surface area (Å²) < 4.78 is 7.42. The third-order valence-corrected chi connectivity index (χ3v) is 2.63. The normalized spacial score (nSPS) is 9.88. The first kappa shape index (κ1) is 10.6. The lowest BCUT2D eigenvalue weighted by Gasteiger charge is -2.03. The van der Waals surface area contributed by atoms with Gasteiger partial charge in [0.05, 0.1) is 7.11 Å². The molecule has 2 heteroatoms. The summed E-state index contributed by atoms with van der Waals surface area (Å²) in [7, 11) is 1.69. The van der Waals surface area contributed by atoms with E-state index >= 15 is 0 Å². The molecule has 0 radical (unpaired) electrons. The molecule has 0 saturated carbocycles. The predicted octanol–water partition coefficient (Wildman–Crippen LogP) is 3.06. The fourth-order valence-corrected chi connectivity index (χ4v) is 1.80. The average Bonchev–Trinajstić information content (AvgIpc) is 2.72. The van der Waals surface area contributed by atoms with Crippen molar-refractivity contribution in [1.82, 2.24) is 4.57 Å². The van der Waals surface area contributed by atoms with Crippen LogP contribution in [-0.2, 0) is 6.54 Å². The molecule has 16 heavy (non-hydrogen) atoms. The summed E-state index contributed by atoms with van der Waals surface area (Å²) >= 11 is 0. The zero-order valence-electron chi connectivity index (χ0n) is 9.66. The highest BCUT2D eigenvalue weighted by molar-refractivity contribution is 5.81. The highest BCUT2D eigenvalue weighted by atomic mass is 16.5. The van der Waals surface area contributed by atoms with Crippen LogP contribution in [0.4, 0.5) is 0 Å². The second-order valence-electron chi connectivity index (χ2n) is 3.61. The number of rotatable bonds is 3. The molecule has 0 atom stereocenters. The van der Waals surface area contributed by atoms with E-state index < -0.39 is 0 Å². The molecular weight excluding hydrogens is 198 g/mol. The largest absolute Gasteiger partial charge is 0.497 e. The zero-order chi connectivity index (χ0) is 11.4. The van der Waals surface area contributed by atoms with Crippen molar-refractivity contribution in [1.29, 1.82) is 0 Å². The number of nitrogens with zero attached hydrogens (tertiary/aromatic N) is 1. The SMILES string of the molecule is CC#CCCn1ccc2cc(OC)ccc21. The Labute approximate surface area is 95.8 Å². The maximum Gasteiger partial charge on any atom is 0.119 e.